The van der Waals surface area contributed by atoms with Gasteiger partial charge in [-0.15, -0.1) is 11.3 Å². The molecule has 0 fully saturated rings. The Morgan fingerprint density at radius 1 is 1.10 bits per heavy atom. The summed E-state index contributed by atoms with van der Waals surface area (Å²) in [6.07, 6.45) is 1.59. The van der Waals surface area contributed by atoms with Crippen molar-refractivity contribution in [2.24, 2.45) is 0 Å². The second-order valence-corrected chi connectivity index (χ2v) is 8.10. The van der Waals surface area contributed by atoms with E-state index in [4.69, 9.17) is 14.2 Å². The van der Waals surface area contributed by atoms with Crippen LogP contribution >= 0.6 is 27.3 Å². The largest absolute Gasteiger partial charge is 0.471 e. The third-order valence-corrected chi connectivity index (χ3v) is 5.90. The van der Waals surface area contributed by atoms with Gasteiger partial charge in [-0.25, -0.2) is 14.3 Å². The van der Waals surface area contributed by atoms with Crippen molar-refractivity contribution in [3.8, 4) is 5.75 Å². The zero-order valence-corrected chi connectivity index (χ0v) is 19.2. The number of nitrogens with one attached hydrogen (secondary N) is 1. The Balaban J connectivity index is 1.75. The number of halogens is 1. The number of hydrogen-bond donors (Lipinski definition) is 1. The van der Waals surface area contributed by atoms with Crippen molar-refractivity contribution in [2.45, 2.75) is 13.7 Å². The van der Waals surface area contributed by atoms with Crippen LogP contribution in [-0.4, -0.2) is 41.8 Å². The van der Waals surface area contributed by atoms with Gasteiger partial charge in [-0.1, -0.05) is 15.9 Å². The Bertz CT molecular complexity index is 1120. The van der Waals surface area contributed by atoms with E-state index in [1.54, 1.807) is 25.3 Å². The summed E-state index contributed by atoms with van der Waals surface area (Å²) in [5.74, 6) is -1.18. The number of anilines is 1. The lowest BCUT2D eigenvalue weighted by molar-refractivity contribution is 0.0601. The van der Waals surface area contributed by atoms with E-state index in [-0.39, 0.29) is 27.9 Å². The van der Waals surface area contributed by atoms with Crippen molar-refractivity contribution in [3.05, 3.63) is 62.7 Å². The molecule has 0 aliphatic carbocycles. The number of carbonyl (C=O) groups is 3. The molecule has 0 bridgehead atoms. The quantitative estimate of drug-likeness (QED) is 0.483. The predicted octanol–water partition coefficient (Wildman–Crippen LogP) is 3.88. The van der Waals surface area contributed by atoms with Crippen LogP contribution < -0.4 is 10.1 Å². The number of hydrogen-bond acceptors (Lipinski definition) is 8. The number of esters is 2. The van der Waals surface area contributed by atoms with Crippen LogP contribution in [0.15, 0.2) is 41.0 Å². The van der Waals surface area contributed by atoms with Crippen LogP contribution in [0.5, 0.6) is 5.75 Å². The molecular formula is C20H18BrN3O6S. The average molecular weight is 508 g/mol. The highest BCUT2D eigenvalue weighted by Crippen LogP contribution is 2.34. The summed E-state index contributed by atoms with van der Waals surface area (Å²) in [4.78, 5) is 37.0. The lowest BCUT2D eigenvalue weighted by Crippen LogP contribution is -2.16. The molecule has 1 aromatic carbocycles. The number of benzene rings is 1. The van der Waals surface area contributed by atoms with Gasteiger partial charge >= 0.3 is 11.9 Å². The highest BCUT2D eigenvalue weighted by molar-refractivity contribution is 9.10. The molecule has 162 valence electrons. The summed E-state index contributed by atoms with van der Waals surface area (Å²) in [5.41, 5.74) is 0.576. The van der Waals surface area contributed by atoms with Crippen molar-refractivity contribution in [1.29, 1.82) is 0 Å². The minimum atomic E-state index is -0.673. The maximum absolute atomic E-state index is 12.7. The van der Waals surface area contributed by atoms with Crippen molar-refractivity contribution in [1.82, 2.24) is 9.78 Å². The molecular weight excluding hydrogens is 490 g/mol. The number of ether oxygens (including phenoxy) is 3. The standard InChI is InChI=1S/C20H18BrN3O6S/c1-11-15(19(26)28-2)18(31-16(11)20(27)29-3)22-17(25)14-8-9-24(23-14)10-30-13-6-4-12(21)5-7-13/h4-9H,10H2,1-3H3,(H,22,25). The predicted molar refractivity (Wildman–Crippen MR) is 117 cm³/mol. The van der Waals surface area contributed by atoms with E-state index < -0.39 is 17.8 Å². The van der Waals surface area contributed by atoms with E-state index in [1.807, 2.05) is 12.1 Å². The van der Waals surface area contributed by atoms with Gasteiger partial charge in [0.05, 0.1) is 19.8 Å². The van der Waals surface area contributed by atoms with Crippen LogP contribution in [0.25, 0.3) is 0 Å². The monoisotopic (exact) mass is 507 g/mol. The molecule has 9 nitrogen and oxygen atoms in total. The number of thiophene rings is 1. The summed E-state index contributed by atoms with van der Waals surface area (Å²) < 4.78 is 17.5. The molecule has 1 N–H and O–H groups in total. The molecule has 3 aromatic rings. The van der Waals surface area contributed by atoms with E-state index in [9.17, 15) is 14.4 Å². The lowest BCUT2D eigenvalue weighted by atomic mass is 10.1. The van der Waals surface area contributed by atoms with Crippen LogP contribution in [0.1, 0.15) is 36.1 Å². The smallest absolute Gasteiger partial charge is 0.348 e. The van der Waals surface area contributed by atoms with Crippen molar-refractivity contribution in [3.63, 3.8) is 0 Å². The summed E-state index contributed by atoms with van der Waals surface area (Å²) in [7, 11) is 2.45. The van der Waals surface area contributed by atoms with Gasteiger partial charge in [0.15, 0.2) is 12.4 Å². The van der Waals surface area contributed by atoms with Gasteiger partial charge in [-0.3, -0.25) is 4.79 Å². The number of amides is 1. The number of nitrogens with zero attached hydrogens (tertiary/aromatic N) is 2. The summed E-state index contributed by atoms with van der Waals surface area (Å²) in [6.45, 7) is 1.69. The molecule has 1 amide bonds. The highest BCUT2D eigenvalue weighted by atomic mass is 79.9. The zero-order chi connectivity index (χ0) is 22.5. The number of methoxy groups -OCH3 is 2. The molecule has 2 heterocycles. The first-order chi connectivity index (χ1) is 14.8. The first kappa shape index (κ1) is 22.5. The van der Waals surface area contributed by atoms with Crippen LogP contribution in [0, 0.1) is 6.92 Å². The van der Waals surface area contributed by atoms with E-state index in [0.717, 1.165) is 15.8 Å². The Morgan fingerprint density at radius 2 is 1.77 bits per heavy atom. The maximum Gasteiger partial charge on any atom is 0.348 e. The molecule has 0 aliphatic heterocycles. The molecule has 0 saturated carbocycles. The first-order valence-corrected chi connectivity index (χ1v) is 10.5. The maximum atomic E-state index is 12.7. The topological polar surface area (TPSA) is 109 Å². The van der Waals surface area contributed by atoms with Gasteiger partial charge in [0.25, 0.3) is 5.91 Å². The molecule has 31 heavy (non-hydrogen) atoms. The molecule has 0 unspecified atom stereocenters. The second kappa shape index (κ2) is 9.75. The van der Waals surface area contributed by atoms with Crippen LogP contribution in [0.3, 0.4) is 0 Å². The fraction of sp³-hybridized carbons (Fsp3) is 0.200. The molecule has 11 heteroatoms. The van der Waals surface area contributed by atoms with Crippen LogP contribution in [0.4, 0.5) is 5.00 Å². The highest BCUT2D eigenvalue weighted by Gasteiger charge is 2.27. The van der Waals surface area contributed by atoms with Crippen LogP contribution in [-0.2, 0) is 16.2 Å². The Morgan fingerprint density at radius 3 is 2.42 bits per heavy atom. The fourth-order valence-electron chi connectivity index (χ4n) is 2.63. The molecule has 0 aliphatic rings. The van der Waals surface area contributed by atoms with Crippen molar-refractivity contribution in [2.75, 3.05) is 19.5 Å². The number of carbonyl (C=O) groups excluding carboxylic acids is 3. The van der Waals surface area contributed by atoms with Gasteiger partial charge in [0.1, 0.15) is 15.6 Å². The molecule has 2 aromatic heterocycles. The summed E-state index contributed by atoms with van der Waals surface area (Å²) >= 11 is 4.28. The molecule has 0 radical (unpaired) electrons. The molecule has 0 spiro atoms. The van der Waals surface area contributed by atoms with E-state index in [2.05, 4.69) is 26.3 Å². The number of rotatable bonds is 7. The molecule has 0 atom stereocenters. The van der Waals surface area contributed by atoms with Gasteiger partial charge < -0.3 is 19.5 Å². The van der Waals surface area contributed by atoms with Gasteiger partial charge in [-0.2, -0.15) is 5.10 Å². The minimum absolute atomic E-state index is 0.0965. The molecule has 3 rings (SSSR count). The van der Waals surface area contributed by atoms with E-state index >= 15 is 0 Å². The molecule has 0 saturated heterocycles. The average Bonchev–Trinajstić information content (AvgIpc) is 3.37. The zero-order valence-electron chi connectivity index (χ0n) is 16.8. The Labute approximate surface area is 190 Å². The number of aromatic nitrogens is 2. The SMILES string of the molecule is COC(=O)c1sc(NC(=O)c2ccn(COc3ccc(Br)cc3)n2)c(C(=O)OC)c1C. The normalized spacial score (nSPS) is 10.5. The van der Waals surface area contributed by atoms with Crippen molar-refractivity contribution < 1.29 is 28.6 Å². The lowest BCUT2D eigenvalue weighted by Gasteiger charge is -2.06. The third kappa shape index (κ3) is 5.12. The fourth-order valence-corrected chi connectivity index (χ4v) is 4.00. The minimum Gasteiger partial charge on any atom is -0.471 e. The Kier molecular flexibility index (Phi) is 7.08. The van der Waals surface area contributed by atoms with E-state index in [0.29, 0.717) is 11.3 Å². The Hall–Kier alpha value is -3.18. The summed E-state index contributed by atoms with van der Waals surface area (Å²) in [6, 6.07) is 8.81. The summed E-state index contributed by atoms with van der Waals surface area (Å²) in [5, 5.41) is 6.98. The van der Waals surface area contributed by atoms with Gasteiger partial charge in [0, 0.05) is 10.7 Å². The first-order valence-electron chi connectivity index (χ1n) is 8.87. The van der Waals surface area contributed by atoms with Crippen molar-refractivity contribution >= 4 is 50.1 Å². The third-order valence-electron chi connectivity index (χ3n) is 4.18. The van der Waals surface area contributed by atoms with Crippen LogP contribution in [0.2, 0.25) is 0 Å². The van der Waals surface area contributed by atoms with E-state index in [1.165, 1.54) is 25.0 Å². The van der Waals surface area contributed by atoms with Gasteiger partial charge in [-0.05, 0) is 42.8 Å². The second-order valence-electron chi connectivity index (χ2n) is 6.17. The van der Waals surface area contributed by atoms with Gasteiger partial charge in [0.2, 0.25) is 0 Å².